The summed E-state index contributed by atoms with van der Waals surface area (Å²) in [6.07, 6.45) is 5.07. The van der Waals surface area contributed by atoms with E-state index in [4.69, 9.17) is 5.11 Å². The van der Waals surface area contributed by atoms with Gasteiger partial charge in [-0.1, -0.05) is 29.8 Å². The topological polar surface area (TPSA) is 66.4 Å². The fraction of sp³-hybridized carbons (Fsp3) is 0.529. The Labute approximate surface area is 125 Å². The van der Waals surface area contributed by atoms with E-state index < -0.39 is 11.5 Å². The molecule has 0 unspecified atom stereocenters. The van der Waals surface area contributed by atoms with E-state index in [1.165, 1.54) is 11.1 Å². The molecule has 2 N–H and O–H groups in total. The SMILES string of the molecule is Cc1ccc(CCCCC(=O)NC2(C(=O)O)CCC2)cc1. The lowest BCUT2D eigenvalue weighted by Crippen LogP contribution is -2.59. The molecule has 4 nitrogen and oxygen atoms in total. The Kier molecular flexibility index (Phi) is 4.99. The highest BCUT2D eigenvalue weighted by molar-refractivity contribution is 5.87. The van der Waals surface area contributed by atoms with Crippen LogP contribution in [-0.4, -0.2) is 22.5 Å². The normalized spacial score (nSPS) is 16.0. The van der Waals surface area contributed by atoms with Crippen LogP contribution in [-0.2, 0) is 16.0 Å². The predicted molar refractivity (Wildman–Crippen MR) is 81.1 cm³/mol. The Morgan fingerprint density at radius 3 is 2.38 bits per heavy atom. The van der Waals surface area contributed by atoms with Crippen molar-refractivity contribution >= 4 is 11.9 Å². The van der Waals surface area contributed by atoms with Gasteiger partial charge in [-0.15, -0.1) is 0 Å². The third-order valence-corrected chi connectivity index (χ3v) is 4.24. The maximum atomic E-state index is 11.8. The molecule has 0 atom stereocenters. The van der Waals surface area contributed by atoms with Crippen molar-refractivity contribution in [3.63, 3.8) is 0 Å². The number of carbonyl (C=O) groups excluding carboxylic acids is 1. The number of nitrogens with one attached hydrogen (secondary N) is 1. The quantitative estimate of drug-likeness (QED) is 0.759. The molecule has 1 saturated carbocycles. The number of amides is 1. The lowest BCUT2D eigenvalue weighted by molar-refractivity contribution is -0.151. The van der Waals surface area contributed by atoms with Gasteiger partial charge < -0.3 is 10.4 Å². The summed E-state index contributed by atoms with van der Waals surface area (Å²) in [5.74, 6) is -1.04. The van der Waals surface area contributed by atoms with Gasteiger partial charge in [-0.3, -0.25) is 4.79 Å². The lowest BCUT2D eigenvalue weighted by atomic mass is 9.76. The minimum atomic E-state index is -0.978. The number of rotatable bonds is 7. The van der Waals surface area contributed by atoms with E-state index in [1.807, 2.05) is 0 Å². The van der Waals surface area contributed by atoms with Crippen LogP contribution in [0.5, 0.6) is 0 Å². The zero-order chi connectivity index (χ0) is 15.3. The van der Waals surface area contributed by atoms with Gasteiger partial charge in [0.1, 0.15) is 5.54 Å². The second kappa shape index (κ2) is 6.74. The molecule has 21 heavy (non-hydrogen) atoms. The van der Waals surface area contributed by atoms with Gasteiger partial charge in [-0.05, 0) is 51.0 Å². The van der Waals surface area contributed by atoms with E-state index in [1.54, 1.807) is 0 Å². The van der Waals surface area contributed by atoms with Gasteiger partial charge in [-0.25, -0.2) is 4.79 Å². The van der Waals surface area contributed by atoms with Gasteiger partial charge in [-0.2, -0.15) is 0 Å². The number of hydrogen-bond donors (Lipinski definition) is 2. The van der Waals surface area contributed by atoms with Gasteiger partial charge in [0.25, 0.3) is 0 Å². The summed E-state index contributed by atoms with van der Waals surface area (Å²) in [6, 6.07) is 8.41. The van der Waals surface area contributed by atoms with Gasteiger partial charge >= 0.3 is 5.97 Å². The number of benzene rings is 1. The van der Waals surface area contributed by atoms with Crippen molar-refractivity contribution in [3.05, 3.63) is 35.4 Å². The zero-order valence-electron chi connectivity index (χ0n) is 12.5. The Hall–Kier alpha value is -1.84. The lowest BCUT2D eigenvalue weighted by Gasteiger charge is -2.38. The van der Waals surface area contributed by atoms with Crippen molar-refractivity contribution in [1.82, 2.24) is 5.32 Å². The van der Waals surface area contributed by atoms with Crippen LogP contribution in [0.4, 0.5) is 0 Å². The molecule has 2 rings (SSSR count). The molecular formula is C17H23NO3. The van der Waals surface area contributed by atoms with E-state index in [-0.39, 0.29) is 5.91 Å². The highest BCUT2D eigenvalue weighted by Gasteiger charge is 2.45. The van der Waals surface area contributed by atoms with E-state index in [2.05, 4.69) is 36.5 Å². The first kappa shape index (κ1) is 15.5. The molecule has 0 aliphatic heterocycles. The standard InChI is InChI=1S/C17H23NO3/c1-13-7-9-14(10-8-13)5-2-3-6-15(19)18-17(16(20)21)11-4-12-17/h7-10H,2-6,11-12H2,1H3,(H,18,19)(H,20,21). The van der Waals surface area contributed by atoms with E-state index in [0.717, 1.165) is 25.7 Å². The molecule has 0 saturated heterocycles. The predicted octanol–water partition coefficient (Wildman–Crippen LogP) is 2.83. The van der Waals surface area contributed by atoms with Gasteiger partial charge in [0.05, 0.1) is 0 Å². The third kappa shape index (κ3) is 4.06. The molecule has 1 aliphatic rings. The second-order valence-corrected chi connectivity index (χ2v) is 5.98. The zero-order valence-corrected chi connectivity index (χ0v) is 12.5. The maximum absolute atomic E-state index is 11.8. The summed E-state index contributed by atoms with van der Waals surface area (Å²) in [6.45, 7) is 2.06. The molecule has 0 radical (unpaired) electrons. The smallest absolute Gasteiger partial charge is 0.329 e. The third-order valence-electron chi connectivity index (χ3n) is 4.24. The van der Waals surface area contributed by atoms with Crippen molar-refractivity contribution in [2.24, 2.45) is 0 Å². The molecule has 1 fully saturated rings. The molecular weight excluding hydrogens is 266 g/mol. The monoisotopic (exact) mass is 289 g/mol. The number of carboxylic acid groups (broad SMARTS) is 1. The molecule has 4 heteroatoms. The molecule has 0 aromatic heterocycles. The van der Waals surface area contributed by atoms with Crippen molar-refractivity contribution in [1.29, 1.82) is 0 Å². The second-order valence-electron chi connectivity index (χ2n) is 5.98. The Morgan fingerprint density at radius 1 is 1.19 bits per heavy atom. The molecule has 1 aliphatic carbocycles. The summed E-state index contributed by atoms with van der Waals surface area (Å²) >= 11 is 0. The summed E-state index contributed by atoms with van der Waals surface area (Å²) in [7, 11) is 0. The molecule has 1 aromatic rings. The van der Waals surface area contributed by atoms with Gasteiger partial charge in [0.2, 0.25) is 5.91 Å². The van der Waals surface area contributed by atoms with Crippen LogP contribution in [0.25, 0.3) is 0 Å². The number of unbranched alkanes of at least 4 members (excludes halogenated alkanes) is 1. The van der Waals surface area contributed by atoms with Crippen molar-refractivity contribution in [2.45, 2.75) is 57.4 Å². The molecule has 1 amide bonds. The summed E-state index contributed by atoms with van der Waals surface area (Å²) in [4.78, 5) is 23.0. The van der Waals surface area contributed by atoms with E-state index >= 15 is 0 Å². The Bertz CT molecular complexity index is 503. The first-order chi connectivity index (χ1) is 10.0. The maximum Gasteiger partial charge on any atom is 0.329 e. The van der Waals surface area contributed by atoms with Crippen LogP contribution >= 0.6 is 0 Å². The number of carbonyl (C=O) groups is 2. The van der Waals surface area contributed by atoms with Gasteiger partial charge in [0, 0.05) is 6.42 Å². The van der Waals surface area contributed by atoms with E-state index in [9.17, 15) is 9.59 Å². The Balaban J connectivity index is 1.67. The van der Waals surface area contributed by atoms with Crippen LogP contribution in [0.2, 0.25) is 0 Å². The minimum absolute atomic E-state index is 0.138. The van der Waals surface area contributed by atoms with Crippen LogP contribution in [0.1, 0.15) is 49.7 Å². The van der Waals surface area contributed by atoms with Crippen molar-refractivity contribution in [3.8, 4) is 0 Å². The molecule has 114 valence electrons. The molecule has 1 aromatic carbocycles. The first-order valence-corrected chi connectivity index (χ1v) is 7.62. The largest absolute Gasteiger partial charge is 0.480 e. The highest BCUT2D eigenvalue weighted by Crippen LogP contribution is 2.32. The number of aliphatic carboxylic acids is 1. The fourth-order valence-electron chi connectivity index (χ4n) is 2.62. The van der Waals surface area contributed by atoms with Crippen LogP contribution in [0.3, 0.4) is 0 Å². The number of hydrogen-bond acceptors (Lipinski definition) is 2. The summed E-state index contributed by atoms with van der Waals surface area (Å²) < 4.78 is 0. The molecule has 0 bridgehead atoms. The van der Waals surface area contributed by atoms with E-state index in [0.29, 0.717) is 19.3 Å². The highest BCUT2D eigenvalue weighted by atomic mass is 16.4. The van der Waals surface area contributed by atoms with Gasteiger partial charge in [0.15, 0.2) is 0 Å². The fourth-order valence-corrected chi connectivity index (χ4v) is 2.62. The summed E-state index contributed by atoms with van der Waals surface area (Å²) in [5.41, 5.74) is 1.55. The number of carboxylic acids is 1. The summed E-state index contributed by atoms with van der Waals surface area (Å²) in [5, 5.41) is 11.9. The number of aryl methyl sites for hydroxylation is 2. The molecule has 0 spiro atoms. The average molecular weight is 289 g/mol. The van der Waals surface area contributed by atoms with Crippen LogP contribution < -0.4 is 5.32 Å². The average Bonchev–Trinajstić information content (AvgIpc) is 2.40. The van der Waals surface area contributed by atoms with Crippen LogP contribution in [0.15, 0.2) is 24.3 Å². The van der Waals surface area contributed by atoms with Crippen molar-refractivity contribution in [2.75, 3.05) is 0 Å². The Morgan fingerprint density at radius 2 is 1.86 bits per heavy atom. The first-order valence-electron chi connectivity index (χ1n) is 7.62. The molecule has 0 heterocycles. The van der Waals surface area contributed by atoms with Crippen molar-refractivity contribution < 1.29 is 14.7 Å². The minimum Gasteiger partial charge on any atom is -0.480 e. The van der Waals surface area contributed by atoms with Crippen LogP contribution in [0, 0.1) is 6.92 Å².